The van der Waals surface area contributed by atoms with Crippen molar-refractivity contribution < 1.29 is 9.90 Å². The van der Waals surface area contributed by atoms with E-state index in [2.05, 4.69) is 10.4 Å². The molecule has 5 nitrogen and oxygen atoms in total. The lowest BCUT2D eigenvalue weighted by Gasteiger charge is -2.38. The van der Waals surface area contributed by atoms with Crippen molar-refractivity contribution in [3.8, 4) is 0 Å². The minimum Gasteiger partial charge on any atom is -0.480 e. The van der Waals surface area contributed by atoms with E-state index >= 15 is 0 Å². The topological polar surface area (TPSA) is 67.2 Å². The third-order valence-corrected chi connectivity index (χ3v) is 3.25. The van der Waals surface area contributed by atoms with Crippen molar-refractivity contribution >= 4 is 5.97 Å². The molecule has 0 radical (unpaired) electrons. The number of aromatic nitrogens is 2. The van der Waals surface area contributed by atoms with E-state index in [1.165, 1.54) is 0 Å². The maximum Gasteiger partial charge on any atom is 0.323 e. The highest BCUT2D eigenvalue weighted by molar-refractivity contribution is 5.79. The summed E-state index contributed by atoms with van der Waals surface area (Å²) < 4.78 is 1.76. The van der Waals surface area contributed by atoms with E-state index in [1.54, 1.807) is 4.68 Å². The summed E-state index contributed by atoms with van der Waals surface area (Å²) in [5.41, 5.74) is 0.484. The number of aryl methyl sites for hydroxylation is 1. The van der Waals surface area contributed by atoms with Gasteiger partial charge in [0.2, 0.25) is 0 Å². The molecule has 1 fully saturated rings. The summed E-state index contributed by atoms with van der Waals surface area (Å²) in [5.74, 6) is -0.718. The predicted molar refractivity (Wildman–Crippen MR) is 59.1 cm³/mol. The summed E-state index contributed by atoms with van der Waals surface area (Å²) in [6.45, 7) is 0.692. The number of carbonyl (C=O) groups is 1. The lowest BCUT2D eigenvalue weighted by molar-refractivity contribution is -0.148. The molecule has 0 unspecified atom stereocenters. The number of nitrogens with zero attached hydrogens (tertiary/aromatic N) is 2. The Bertz CT molecular complexity index is 382. The monoisotopic (exact) mass is 223 g/mol. The lowest BCUT2D eigenvalue weighted by Crippen LogP contribution is -2.57. The average molecular weight is 223 g/mol. The minimum absolute atomic E-state index is 0.651. The fourth-order valence-electron chi connectivity index (χ4n) is 2.04. The highest BCUT2D eigenvalue weighted by atomic mass is 16.4. The maximum absolute atomic E-state index is 11.1. The van der Waals surface area contributed by atoms with Gasteiger partial charge in [0.25, 0.3) is 0 Å². The Kier molecular flexibility index (Phi) is 2.96. The third kappa shape index (κ3) is 2.09. The fourth-order valence-corrected chi connectivity index (χ4v) is 2.04. The van der Waals surface area contributed by atoms with E-state index < -0.39 is 11.5 Å². The summed E-state index contributed by atoms with van der Waals surface area (Å²) in [6, 6.07) is 0. The zero-order valence-corrected chi connectivity index (χ0v) is 9.44. The lowest BCUT2D eigenvalue weighted by atomic mass is 9.77. The second-order valence-corrected chi connectivity index (χ2v) is 4.44. The van der Waals surface area contributed by atoms with Crippen LogP contribution in [0.1, 0.15) is 24.8 Å². The van der Waals surface area contributed by atoms with Gasteiger partial charge in [0.05, 0.1) is 6.20 Å². The first kappa shape index (κ1) is 11.1. The molecule has 0 aliphatic heterocycles. The van der Waals surface area contributed by atoms with Crippen LogP contribution in [0.5, 0.6) is 0 Å². The summed E-state index contributed by atoms with van der Waals surface area (Å²) in [6.07, 6.45) is 7.09. The average Bonchev–Trinajstić information content (AvgIpc) is 2.55. The number of nitrogens with one attached hydrogen (secondary N) is 1. The summed E-state index contributed by atoms with van der Waals surface area (Å²) in [7, 11) is 1.88. The summed E-state index contributed by atoms with van der Waals surface area (Å²) in [5, 5.41) is 16.3. The molecule has 0 aromatic carbocycles. The van der Waals surface area contributed by atoms with E-state index in [-0.39, 0.29) is 0 Å². The van der Waals surface area contributed by atoms with Crippen molar-refractivity contribution in [1.82, 2.24) is 15.1 Å². The normalized spacial score (nSPS) is 18.1. The van der Waals surface area contributed by atoms with Crippen LogP contribution < -0.4 is 5.32 Å². The molecule has 88 valence electrons. The molecule has 0 bridgehead atoms. The molecule has 0 spiro atoms. The Morgan fingerprint density at radius 1 is 1.69 bits per heavy atom. The number of hydrogen-bond donors (Lipinski definition) is 2. The predicted octanol–water partition coefficient (Wildman–Crippen LogP) is 0.559. The molecule has 1 heterocycles. The van der Waals surface area contributed by atoms with Crippen LogP contribution in [0.15, 0.2) is 12.4 Å². The Morgan fingerprint density at radius 3 is 2.88 bits per heavy atom. The van der Waals surface area contributed by atoms with Gasteiger partial charge in [-0.25, -0.2) is 0 Å². The molecule has 1 aromatic heterocycles. The van der Waals surface area contributed by atoms with Gasteiger partial charge >= 0.3 is 5.97 Å². The molecule has 16 heavy (non-hydrogen) atoms. The third-order valence-electron chi connectivity index (χ3n) is 3.25. The maximum atomic E-state index is 11.1. The highest BCUT2D eigenvalue weighted by Gasteiger charge is 2.43. The zero-order chi connectivity index (χ0) is 11.6. The van der Waals surface area contributed by atoms with Crippen molar-refractivity contribution in [2.75, 3.05) is 6.54 Å². The molecule has 1 aliphatic carbocycles. The molecule has 2 rings (SSSR count). The molecule has 0 atom stereocenters. The van der Waals surface area contributed by atoms with Crippen molar-refractivity contribution in [3.63, 3.8) is 0 Å². The van der Waals surface area contributed by atoms with Crippen LogP contribution in [0, 0.1) is 0 Å². The van der Waals surface area contributed by atoms with Gasteiger partial charge in [0.1, 0.15) is 5.54 Å². The van der Waals surface area contributed by atoms with Crippen molar-refractivity contribution in [2.45, 2.75) is 31.2 Å². The Hall–Kier alpha value is -1.36. The van der Waals surface area contributed by atoms with Crippen LogP contribution >= 0.6 is 0 Å². The SMILES string of the molecule is Cn1cc(CCNC2(C(=O)O)CCC2)cn1. The van der Waals surface area contributed by atoms with Crippen LogP contribution in [-0.2, 0) is 18.3 Å². The van der Waals surface area contributed by atoms with E-state index in [0.717, 1.165) is 31.2 Å². The van der Waals surface area contributed by atoms with E-state index in [4.69, 9.17) is 5.11 Å². The number of carboxylic acids is 1. The van der Waals surface area contributed by atoms with Crippen LogP contribution in [0.3, 0.4) is 0 Å². The molecule has 1 saturated carbocycles. The standard InChI is InChI=1S/C11H17N3O2/c1-14-8-9(7-13-14)3-6-12-11(10(15)16)4-2-5-11/h7-8,12H,2-6H2,1H3,(H,15,16). The van der Waals surface area contributed by atoms with Crippen molar-refractivity contribution in [3.05, 3.63) is 18.0 Å². The van der Waals surface area contributed by atoms with Gasteiger partial charge in [-0.15, -0.1) is 0 Å². The number of rotatable bonds is 5. The molecule has 0 saturated heterocycles. The van der Waals surface area contributed by atoms with Gasteiger partial charge in [0.15, 0.2) is 0 Å². The summed E-state index contributed by atoms with van der Waals surface area (Å²) >= 11 is 0. The highest BCUT2D eigenvalue weighted by Crippen LogP contribution is 2.31. The first-order chi connectivity index (χ1) is 7.62. The van der Waals surface area contributed by atoms with Crippen molar-refractivity contribution in [2.24, 2.45) is 7.05 Å². The molecule has 5 heteroatoms. The Balaban J connectivity index is 1.81. The fraction of sp³-hybridized carbons (Fsp3) is 0.636. The van der Waals surface area contributed by atoms with Crippen LogP contribution in [0.2, 0.25) is 0 Å². The van der Waals surface area contributed by atoms with Gasteiger partial charge in [-0.05, 0) is 31.2 Å². The van der Waals surface area contributed by atoms with E-state index in [0.29, 0.717) is 6.54 Å². The first-order valence-electron chi connectivity index (χ1n) is 5.58. The van der Waals surface area contributed by atoms with Crippen LogP contribution in [0.4, 0.5) is 0 Å². The quantitative estimate of drug-likeness (QED) is 0.765. The van der Waals surface area contributed by atoms with Gasteiger partial charge in [0, 0.05) is 19.8 Å². The van der Waals surface area contributed by atoms with E-state index in [9.17, 15) is 4.79 Å². The first-order valence-corrected chi connectivity index (χ1v) is 5.58. The van der Waals surface area contributed by atoms with Crippen LogP contribution in [-0.4, -0.2) is 32.9 Å². The van der Waals surface area contributed by atoms with Gasteiger partial charge < -0.3 is 10.4 Å². The van der Waals surface area contributed by atoms with E-state index in [1.807, 2.05) is 19.4 Å². The summed E-state index contributed by atoms with van der Waals surface area (Å²) in [4.78, 5) is 11.1. The van der Waals surface area contributed by atoms with Gasteiger partial charge in [-0.3, -0.25) is 9.48 Å². The number of hydrogen-bond acceptors (Lipinski definition) is 3. The smallest absolute Gasteiger partial charge is 0.323 e. The number of aliphatic carboxylic acids is 1. The molecule has 2 N–H and O–H groups in total. The minimum atomic E-state index is -0.718. The zero-order valence-electron chi connectivity index (χ0n) is 9.44. The molecular formula is C11H17N3O2. The molecular weight excluding hydrogens is 206 g/mol. The molecule has 0 amide bonds. The van der Waals surface area contributed by atoms with Gasteiger partial charge in [-0.1, -0.05) is 0 Å². The van der Waals surface area contributed by atoms with Crippen molar-refractivity contribution in [1.29, 1.82) is 0 Å². The van der Waals surface area contributed by atoms with Crippen LogP contribution in [0.25, 0.3) is 0 Å². The Labute approximate surface area is 94.5 Å². The second kappa shape index (κ2) is 4.25. The van der Waals surface area contributed by atoms with Gasteiger partial charge in [-0.2, -0.15) is 5.10 Å². The molecule has 1 aliphatic rings. The Morgan fingerprint density at radius 2 is 2.44 bits per heavy atom. The molecule has 1 aromatic rings. The number of carboxylic acid groups (broad SMARTS) is 1. The largest absolute Gasteiger partial charge is 0.480 e. The second-order valence-electron chi connectivity index (χ2n) is 4.44.